The van der Waals surface area contributed by atoms with E-state index in [2.05, 4.69) is 29.2 Å². The molecule has 0 aliphatic carbocycles. The Hall–Kier alpha value is -2.40. The Kier molecular flexibility index (Phi) is 4.17. The van der Waals surface area contributed by atoms with Crippen molar-refractivity contribution in [2.75, 3.05) is 25.0 Å². The molecule has 128 valence electrons. The zero-order chi connectivity index (χ0) is 17.4. The molecule has 0 spiro atoms. The van der Waals surface area contributed by atoms with Gasteiger partial charge in [0.25, 0.3) is 0 Å². The lowest BCUT2D eigenvalue weighted by molar-refractivity contribution is -0.130. The Morgan fingerprint density at radius 3 is 2.84 bits per heavy atom. The third-order valence-electron chi connectivity index (χ3n) is 4.95. The van der Waals surface area contributed by atoms with Gasteiger partial charge in [-0.15, -0.1) is 11.3 Å². The number of aromatic nitrogens is 1. The maximum atomic E-state index is 12.8. The highest BCUT2D eigenvalue weighted by atomic mass is 32.1. The summed E-state index contributed by atoms with van der Waals surface area (Å²) in [7, 11) is 1.88. The molecule has 1 aliphatic heterocycles. The predicted octanol–water partition coefficient (Wildman–Crippen LogP) is 3.88. The van der Waals surface area contributed by atoms with Crippen LogP contribution in [-0.2, 0) is 11.2 Å². The minimum absolute atomic E-state index is 0.0252. The van der Waals surface area contributed by atoms with Gasteiger partial charge in [-0.05, 0) is 37.1 Å². The van der Waals surface area contributed by atoms with Gasteiger partial charge in [0, 0.05) is 19.3 Å². The van der Waals surface area contributed by atoms with Crippen LogP contribution in [0, 0.1) is 0 Å². The second-order valence-electron chi connectivity index (χ2n) is 6.50. The van der Waals surface area contributed by atoms with Crippen LogP contribution in [0.15, 0.2) is 48.5 Å². The predicted molar refractivity (Wildman–Crippen MR) is 103 cm³/mol. The number of likely N-dealkylation sites (N-methyl/N-ethyl adjacent to an activating group) is 1. The average Bonchev–Trinajstić information content (AvgIpc) is 3.25. The third kappa shape index (κ3) is 3.00. The normalized spacial score (nSPS) is 14.6. The molecular weight excluding hydrogens is 330 g/mol. The summed E-state index contributed by atoms with van der Waals surface area (Å²) >= 11 is 1.66. The fourth-order valence-electron chi connectivity index (χ4n) is 3.30. The number of para-hydroxylation sites is 2. The highest BCUT2D eigenvalue weighted by Gasteiger charge is 2.25. The SMILES string of the molecule is C[C@H](c1nc2ccccc2s1)N(C)C(=O)CN1CCc2ccccc21. The van der Waals surface area contributed by atoms with E-state index in [0.29, 0.717) is 6.54 Å². The molecule has 2 aromatic carbocycles. The number of rotatable bonds is 4. The van der Waals surface area contributed by atoms with E-state index in [9.17, 15) is 4.79 Å². The molecule has 1 aromatic heterocycles. The summed E-state index contributed by atoms with van der Waals surface area (Å²) in [5.74, 6) is 0.128. The largest absolute Gasteiger partial charge is 0.362 e. The summed E-state index contributed by atoms with van der Waals surface area (Å²) in [4.78, 5) is 21.5. The van der Waals surface area contributed by atoms with Crippen LogP contribution >= 0.6 is 11.3 Å². The van der Waals surface area contributed by atoms with E-state index < -0.39 is 0 Å². The number of anilines is 1. The van der Waals surface area contributed by atoms with E-state index in [-0.39, 0.29) is 11.9 Å². The van der Waals surface area contributed by atoms with Gasteiger partial charge < -0.3 is 9.80 Å². The van der Waals surface area contributed by atoms with Gasteiger partial charge in [-0.3, -0.25) is 4.79 Å². The first-order chi connectivity index (χ1) is 12.1. The van der Waals surface area contributed by atoms with Crippen LogP contribution in [0.3, 0.4) is 0 Å². The number of fused-ring (bicyclic) bond motifs is 2. The number of nitrogens with zero attached hydrogens (tertiary/aromatic N) is 3. The minimum atomic E-state index is -0.0252. The van der Waals surface area contributed by atoms with E-state index in [0.717, 1.165) is 23.5 Å². The topological polar surface area (TPSA) is 36.4 Å². The summed E-state index contributed by atoms with van der Waals surface area (Å²) in [6.07, 6.45) is 1.01. The molecule has 0 unspecified atom stereocenters. The first-order valence-electron chi connectivity index (χ1n) is 8.57. The van der Waals surface area contributed by atoms with E-state index in [1.807, 2.05) is 43.1 Å². The van der Waals surface area contributed by atoms with Crippen molar-refractivity contribution >= 4 is 33.1 Å². The van der Waals surface area contributed by atoms with Gasteiger partial charge in [0.15, 0.2) is 0 Å². The van der Waals surface area contributed by atoms with Gasteiger partial charge in [0.05, 0.1) is 22.8 Å². The second kappa shape index (κ2) is 6.48. The van der Waals surface area contributed by atoms with Crippen molar-refractivity contribution in [3.05, 3.63) is 59.1 Å². The van der Waals surface area contributed by atoms with Crippen molar-refractivity contribution in [2.24, 2.45) is 0 Å². The molecule has 25 heavy (non-hydrogen) atoms. The zero-order valence-corrected chi connectivity index (χ0v) is 15.3. The Morgan fingerprint density at radius 2 is 2.00 bits per heavy atom. The molecule has 1 aliphatic rings. The van der Waals surface area contributed by atoms with Crippen molar-refractivity contribution < 1.29 is 4.79 Å². The van der Waals surface area contributed by atoms with Crippen LogP contribution in [0.25, 0.3) is 10.2 Å². The number of thiazole rings is 1. The molecule has 2 heterocycles. The molecule has 0 saturated heterocycles. The molecule has 5 heteroatoms. The van der Waals surface area contributed by atoms with Crippen molar-refractivity contribution in [2.45, 2.75) is 19.4 Å². The molecule has 3 aromatic rings. The van der Waals surface area contributed by atoms with Crippen molar-refractivity contribution in [1.82, 2.24) is 9.88 Å². The maximum Gasteiger partial charge on any atom is 0.242 e. The van der Waals surface area contributed by atoms with Crippen molar-refractivity contribution in [1.29, 1.82) is 0 Å². The lowest BCUT2D eigenvalue weighted by Crippen LogP contribution is -2.39. The summed E-state index contributed by atoms with van der Waals surface area (Å²) < 4.78 is 1.17. The van der Waals surface area contributed by atoms with Gasteiger partial charge in [0.2, 0.25) is 5.91 Å². The first kappa shape index (κ1) is 16.1. The Bertz CT molecular complexity index is 887. The monoisotopic (exact) mass is 351 g/mol. The maximum absolute atomic E-state index is 12.8. The molecule has 4 rings (SSSR count). The average molecular weight is 351 g/mol. The highest BCUT2D eigenvalue weighted by molar-refractivity contribution is 7.18. The summed E-state index contributed by atoms with van der Waals surface area (Å²) in [5.41, 5.74) is 3.53. The molecular formula is C20H21N3OS. The summed E-state index contributed by atoms with van der Waals surface area (Å²) in [6.45, 7) is 3.38. The van der Waals surface area contributed by atoms with Crippen LogP contribution in [0.4, 0.5) is 5.69 Å². The van der Waals surface area contributed by atoms with Crippen LogP contribution in [0.1, 0.15) is 23.5 Å². The number of benzene rings is 2. The fourth-order valence-corrected chi connectivity index (χ4v) is 4.36. The van der Waals surface area contributed by atoms with Crippen LogP contribution < -0.4 is 4.90 Å². The van der Waals surface area contributed by atoms with E-state index in [4.69, 9.17) is 4.98 Å². The van der Waals surface area contributed by atoms with Crippen LogP contribution in [0.5, 0.6) is 0 Å². The van der Waals surface area contributed by atoms with Crippen LogP contribution in [-0.4, -0.2) is 35.9 Å². The quantitative estimate of drug-likeness (QED) is 0.716. The first-order valence-corrected chi connectivity index (χ1v) is 9.39. The van der Waals surface area contributed by atoms with Gasteiger partial charge in [-0.2, -0.15) is 0 Å². The lowest BCUT2D eigenvalue weighted by Gasteiger charge is -2.27. The summed E-state index contributed by atoms with van der Waals surface area (Å²) in [5, 5.41) is 0.985. The highest BCUT2D eigenvalue weighted by Crippen LogP contribution is 2.30. The molecule has 0 radical (unpaired) electrons. The number of amides is 1. The molecule has 0 N–H and O–H groups in total. The molecule has 0 fully saturated rings. The molecule has 0 bridgehead atoms. The smallest absolute Gasteiger partial charge is 0.242 e. The Balaban J connectivity index is 1.48. The third-order valence-corrected chi connectivity index (χ3v) is 6.16. The molecule has 1 amide bonds. The lowest BCUT2D eigenvalue weighted by atomic mass is 10.2. The summed E-state index contributed by atoms with van der Waals surface area (Å²) in [6, 6.07) is 16.4. The van der Waals surface area contributed by atoms with Crippen LogP contribution in [0.2, 0.25) is 0 Å². The number of carbonyl (C=O) groups excluding carboxylic acids is 1. The number of hydrogen-bond acceptors (Lipinski definition) is 4. The molecule has 4 nitrogen and oxygen atoms in total. The molecule has 1 atom stereocenters. The van der Waals surface area contributed by atoms with Gasteiger partial charge >= 0.3 is 0 Å². The Labute approximate surface area is 151 Å². The van der Waals surface area contributed by atoms with E-state index in [1.54, 1.807) is 11.3 Å². The van der Waals surface area contributed by atoms with Crippen molar-refractivity contribution in [3.8, 4) is 0 Å². The van der Waals surface area contributed by atoms with Gasteiger partial charge in [-0.25, -0.2) is 4.98 Å². The fraction of sp³-hybridized carbons (Fsp3) is 0.300. The van der Waals surface area contributed by atoms with Crippen molar-refractivity contribution in [3.63, 3.8) is 0 Å². The van der Waals surface area contributed by atoms with E-state index in [1.165, 1.54) is 16.0 Å². The molecule has 0 saturated carbocycles. The minimum Gasteiger partial charge on any atom is -0.362 e. The van der Waals surface area contributed by atoms with E-state index >= 15 is 0 Å². The number of hydrogen-bond donors (Lipinski definition) is 0. The second-order valence-corrected chi connectivity index (χ2v) is 7.56. The standard InChI is InChI=1S/C20H21N3OS/c1-14(20-21-16-8-4-6-10-18(16)25-20)22(2)19(24)13-23-12-11-15-7-3-5-9-17(15)23/h3-10,14H,11-13H2,1-2H3/t14-/m1/s1. The van der Waals surface area contributed by atoms with Gasteiger partial charge in [0.1, 0.15) is 5.01 Å². The Morgan fingerprint density at radius 1 is 1.24 bits per heavy atom. The zero-order valence-electron chi connectivity index (χ0n) is 14.5. The number of carbonyl (C=O) groups is 1. The van der Waals surface area contributed by atoms with Gasteiger partial charge in [-0.1, -0.05) is 30.3 Å².